The van der Waals surface area contributed by atoms with Crippen molar-refractivity contribution in [1.29, 1.82) is 0 Å². The Balaban J connectivity index is 2.37. The van der Waals surface area contributed by atoms with Gasteiger partial charge in [0, 0.05) is 11.9 Å². The van der Waals surface area contributed by atoms with Crippen LogP contribution in [0.1, 0.15) is 5.56 Å². The van der Waals surface area contributed by atoms with E-state index in [-0.39, 0.29) is 10.7 Å². The number of nitrogens with zero attached hydrogens (tertiary/aromatic N) is 1. The zero-order valence-electron chi connectivity index (χ0n) is 9.79. The SMILES string of the molecule is Cc1cccc(NS(=O)(=O)c2cccnc2N)c1. The van der Waals surface area contributed by atoms with Crippen molar-refractivity contribution in [3.63, 3.8) is 0 Å². The average molecular weight is 263 g/mol. The van der Waals surface area contributed by atoms with Crippen LogP contribution in [-0.2, 0) is 10.0 Å². The highest BCUT2D eigenvalue weighted by Gasteiger charge is 2.17. The minimum atomic E-state index is -3.70. The van der Waals surface area contributed by atoms with Crippen molar-refractivity contribution in [3.8, 4) is 0 Å². The predicted octanol–water partition coefficient (Wildman–Crippen LogP) is 1.77. The van der Waals surface area contributed by atoms with Gasteiger partial charge in [-0.25, -0.2) is 13.4 Å². The first-order chi connectivity index (χ1) is 8.49. The summed E-state index contributed by atoms with van der Waals surface area (Å²) >= 11 is 0. The Morgan fingerprint density at radius 1 is 1.22 bits per heavy atom. The summed E-state index contributed by atoms with van der Waals surface area (Å²) in [6.07, 6.45) is 1.45. The van der Waals surface area contributed by atoms with Crippen molar-refractivity contribution in [2.24, 2.45) is 0 Å². The van der Waals surface area contributed by atoms with Crippen LogP contribution in [0.5, 0.6) is 0 Å². The van der Waals surface area contributed by atoms with Crippen molar-refractivity contribution in [3.05, 3.63) is 48.2 Å². The topological polar surface area (TPSA) is 85.1 Å². The summed E-state index contributed by atoms with van der Waals surface area (Å²) < 4.78 is 26.7. The third kappa shape index (κ3) is 2.60. The number of hydrogen-bond acceptors (Lipinski definition) is 4. The van der Waals surface area contributed by atoms with Crippen LogP contribution in [0, 0.1) is 6.92 Å². The number of nitrogens with one attached hydrogen (secondary N) is 1. The molecular weight excluding hydrogens is 250 g/mol. The van der Waals surface area contributed by atoms with Gasteiger partial charge in [-0.1, -0.05) is 12.1 Å². The molecule has 0 atom stereocenters. The van der Waals surface area contributed by atoms with Gasteiger partial charge in [0.2, 0.25) is 0 Å². The molecule has 1 aromatic heterocycles. The van der Waals surface area contributed by atoms with Crippen LogP contribution >= 0.6 is 0 Å². The van der Waals surface area contributed by atoms with Gasteiger partial charge in [0.15, 0.2) is 0 Å². The monoisotopic (exact) mass is 263 g/mol. The molecule has 0 amide bonds. The maximum atomic E-state index is 12.1. The Hall–Kier alpha value is -2.08. The zero-order valence-corrected chi connectivity index (χ0v) is 10.6. The van der Waals surface area contributed by atoms with E-state index >= 15 is 0 Å². The first-order valence-corrected chi connectivity index (χ1v) is 6.77. The summed E-state index contributed by atoms with van der Waals surface area (Å²) in [6.45, 7) is 1.89. The zero-order chi connectivity index (χ0) is 13.2. The fraction of sp³-hybridized carbons (Fsp3) is 0.0833. The molecule has 5 nitrogen and oxygen atoms in total. The van der Waals surface area contributed by atoms with Gasteiger partial charge in [0.1, 0.15) is 10.7 Å². The number of aromatic nitrogens is 1. The number of nitrogen functional groups attached to an aromatic ring is 1. The second kappa shape index (κ2) is 4.66. The molecule has 3 N–H and O–H groups in total. The molecule has 1 aromatic carbocycles. The number of benzene rings is 1. The van der Waals surface area contributed by atoms with Crippen LogP contribution in [0.25, 0.3) is 0 Å². The lowest BCUT2D eigenvalue weighted by molar-refractivity contribution is 0.601. The van der Waals surface area contributed by atoms with Crippen molar-refractivity contribution in [2.45, 2.75) is 11.8 Å². The molecule has 0 saturated heterocycles. The molecule has 18 heavy (non-hydrogen) atoms. The number of pyridine rings is 1. The molecule has 0 bridgehead atoms. The Bertz CT molecular complexity index is 669. The van der Waals surface area contributed by atoms with Crippen LogP contribution in [0.15, 0.2) is 47.5 Å². The van der Waals surface area contributed by atoms with Crippen LogP contribution < -0.4 is 10.5 Å². The second-order valence-electron chi connectivity index (χ2n) is 3.86. The van der Waals surface area contributed by atoms with E-state index in [2.05, 4.69) is 9.71 Å². The van der Waals surface area contributed by atoms with Crippen LogP contribution in [0.2, 0.25) is 0 Å². The Kier molecular flexibility index (Phi) is 3.20. The van der Waals surface area contributed by atoms with Gasteiger partial charge in [-0.2, -0.15) is 0 Å². The maximum absolute atomic E-state index is 12.1. The summed E-state index contributed by atoms with van der Waals surface area (Å²) in [5.41, 5.74) is 7.03. The summed E-state index contributed by atoms with van der Waals surface area (Å²) in [6, 6.07) is 10.0. The van der Waals surface area contributed by atoms with Crippen molar-refractivity contribution in [1.82, 2.24) is 4.98 Å². The normalized spacial score (nSPS) is 11.2. The summed E-state index contributed by atoms with van der Waals surface area (Å²) in [5.74, 6) is -0.0161. The molecule has 0 aliphatic carbocycles. The molecule has 94 valence electrons. The Morgan fingerprint density at radius 2 is 2.00 bits per heavy atom. The van der Waals surface area contributed by atoms with Crippen molar-refractivity contribution >= 4 is 21.5 Å². The predicted molar refractivity (Wildman–Crippen MR) is 70.6 cm³/mol. The summed E-state index contributed by atoms with van der Waals surface area (Å²) in [5, 5.41) is 0. The van der Waals surface area contributed by atoms with Gasteiger partial charge in [-0.15, -0.1) is 0 Å². The van der Waals surface area contributed by atoms with Gasteiger partial charge < -0.3 is 5.73 Å². The van der Waals surface area contributed by atoms with E-state index < -0.39 is 10.0 Å². The van der Waals surface area contributed by atoms with Gasteiger partial charge in [-0.3, -0.25) is 4.72 Å². The molecule has 6 heteroatoms. The van der Waals surface area contributed by atoms with Crippen molar-refractivity contribution in [2.75, 3.05) is 10.5 Å². The second-order valence-corrected chi connectivity index (χ2v) is 5.51. The molecule has 0 unspecified atom stereocenters. The lowest BCUT2D eigenvalue weighted by Crippen LogP contribution is -2.15. The molecule has 0 spiro atoms. The number of hydrogen-bond donors (Lipinski definition) is 2. The smallest absolute Gasteiger partial charge is 0.265 e. The van der Waals surface area contributed by atoms with Gasteiger partial charge in [0.25, 0.3) is 10.0 Å². The Labute approximate surface area is 106 Å². The summed E-state index contributed by atoms with van der Waals surface area (Å²) in [7, 11) is -3.70. The summed E-state index contributed by atoms with van der Waals surface area (Å²) in [4.78, 5) is 3.74. The average Bonchev–Trinajstić information content (AvgIpc) is 2.28. The molecule has 0 saturated carbocycles. The van der Waals surface area contributed by atoms with Crippen molar-refractivity contribution < 1.29 is 8.42 Å². The molecule has 0 aliphatic rings. The lowest BCUT2D eigenvalue weighted by atomic mass is 10.2. The fourth-order valence-electron chi connectivity index (χ4n) is 1.55. The first kappa shape index (κ1) is 12.4. The van der Waals surface area contributed by atoms with Crippen LogP contribution in [0.4, 0.5) is 11.5 Å². The minimum absolute atomic E-state index is 0.0161. The number of nitrogens with two attached hydrogens (primary N) is 1. The minimum Gasteiger partial charge on any atom is -0.383 e. The molecule has 0 fully saturated rings. The Morgan fingerprint density at radius 3 is 2.67 bits per heavy atom. The number of anilines is 2. The standard InChI is InChI=1S/C12H13N3O2S/c1-9-4-2-5-10(8-9)15-18(16,17)11-6-3-7-14-12(11)13/h2-8,15H,1H3,(H2,13,14). The van der Waals surface area contributed by atoms with E-state index in [1.54, 1.807) is 18.2 Å². The molecule has 2 aromatic rings. The maximum Gasteiger partial charge on any atom is 0.265 e. The molecule has 1 heterocycles. The van der Waals surface area contributed by atoms with E-state index in [1.165, 1.54) is 18.3 Å². The molecule has 2 rings (SSSR count). The van der Waals surface area contributed by atoms with E-state index in [9.17, 15) is 8.42 Å². The van der Waals surface area contributed by atoms with Crippen LogP contribution in [-0.4, -0.2) is 13.4 Å². The van der Waals surface area contributed by atoms with Crippen LogP contribution in [0.3, 0.4) is 0 Å². The van der Waals surface area contributed by atoms with E-state index in [1.807, 2.05) is 13.0 Å². The number of aryl methyl sites for hydroxylation is 1. The quantitative estimate of drug-likeness (QED) is 0.883. The lowest BCUT2D eigenvalue weighted by Gasteiger charge is -2.09. The highest BCUT2D eigenvalue weighted by atomic mass is 32.2. The highest BCUT2D eigenvalue weighted by Crippen LogP contribution is 2.19. The van der Waals surface area contributed by atoms with E-state index in [0.717, 1.165) is 5.56 Å². The molecule has 0 aliphatic heterocycles. The van der Waals surface area contributed by atoms with Gasteiger partial charge >= 0.3 is 0 Å². The molecule has 0 radical (unpaired) electrons. The largest absolute Gasteiger partial charge is 0.383 e. The molecular formula is C12H13N3O2S. The third-order valence-corrected chi connectivity index (χ3v) is 3.79. The number of rotatable bonds is 3. The van der Waals surface area contributed by atoms with E-state index in [4.69, 9.17) is 5.73 Å². The highest BCUT2D eigenvalue weighted by molar-refractivity contribution is 7.92. The fourth-order valence-corrected chi connectivity index (χ4v) is 2.68. The van der Waals surface area contributed by atoms with Gasteiger partial charge in [0.05, 0.1) is 0 Å². The number of sulfonamides is 1. The van der Waals surface area contributed by atoms with Gasteiger partial charge in [-0.05, 0) is 36.8 Å². The first-order valence-electron chi connectivity index (χ1n) is 5.29. The third-order valence-electron chi connectivity index (χ3n) is 2.36. The van der Waals surface area contributed by atoms with E-state index in [0.29, 0.717) is 5.69 Å².